The molecular formula is C15H21N3. The Balaban J connectivity index is 2.47. The molecule has 2 rings (SSSR count). The lowest BCUT2D eigenvalue weighted by Crippen LogP contribution is -2.05. The normalized spacial score (nSPS) is 10.9. The summed E-state index contributed by atoms with van der Waals surface area (Å²) >= 11 is 0. The van der Waals surface area contributed by atoms with E-state index in [1.807, 2.05) is 11.7 Å². The van der Waals surface area contributed by atoms with E-state index in [0.29, 0.717) is 0 Å². The Morgan fingerprint density at radius 1 is 1.22 bits per heavy atom. The van der Waals surface area contributed by atoms with Crippen molar-refractivity contribution in [3.8, 4) is 11.1 Å². The monoisotopic (exact) mass is 243 g/mol. The fraction of sp³-hybridized carbons (Fsp3) is 0.400. The van der Waals surface area contributed by atoms with Crippen LogP contribution in [0.3, 0.4) is 0 Å². The summed E-state index contributed by atoms with van der Waals surface area (Å²) in [7, 11) is 1.97. The maximum absolute atomic E-state index is 4.52. The van der Waals surface area contributed by atoms with Gasteiger partial charge in [0.1, 0.15) is 0 Å². The van der Waals surface area contributed by atoms with Gasteiger partial charge in [0.05, 0.1) is 5.69 Å². The molecule has 1 N–H and O–H groups in total. The summed E-state index contributed by atoms with van der Waals surface area (Å²) in [5.41, 5.74) is 6.24. The van der Waals surface area contributed by atoms with E-state index in [4.69, 9.17) is 0 Å². The largest absolute Gasteiger partial charge is 0.316 e. The molecule has 1 aromatic carbocycles. The van der Waals surface area contributed by atoms with E-state index in [1.54, 1.807) is 0 Å². The van der Waals surface area contributed by atoms with Crippen LogP contribution in [0.15, 0.2) is 24.4 Å². The van der Waals surface area contributed by atoms with E-state index < -0.39 is 0 Å². The first-order valence-corrected chi connectivity index (χ1v) is 6.44. The molecule has 0 saturated carbocycles. The number of hydrogen-bond donors (Lipinski definition) is 1. The van der Waals surface area contributed by atoms with Gasteiger partial charge in [-0.2, -0.15) is 5.10 Å². The number of hydrogen-bond acceptors (Lipinski definition) is 2. The first-order valence-electron chi connectivity index (χ1n) is 6.44. The van der Waals surface area contributed by atoms with Crippen molar-refractivity contribution in [2.45, 2.75) is 33.9 Å². The summed E-state index contributed by atoms with van der Waals surface area (Å²) in [6, 6.07) is 6.62. The smallest absolute Gasteiger partial charge is 0.0672 e. The molecule has 0 spiro atoms. The van der Waals surface area contributed by atoms with Crippen LogP contribution in [0.25, 0.3) is 11.1 Å². The van der Waals surface area contributed by atoms with Gasteiger partial charge in [-0.05, 0) is 50.6 Å². The molecule has 0 radical (unpaired) electrons. The third-order valence-electron chi connectivity index (χ3n) is 3.24. The molecule has 0 aliphatic heterocycles. The van der Waals surface area contributed by atoms with Crippen LogP contribution >= 0.6 is 0 Å². The lowest BCUT2D eigenvalue weighted by molar-refractivity contribution is 0.653. The molecular weight excluding hydrogens is 222 g/mol. The summed E-state index contributed by atoms with van der Waals surface area (Å²) in [4.78, 5) is 0. The number of rotatable bonds is 4. The Morgan fingerprint density at radius 2 is 2.00 bits per heavy atom. The Labute approximate surface area is 109 Å². The average Bonchev–Trinajstić information content (AvgIpc) is 2.73. The van der Waals surface area contributed by atoms with Gasteiger partial charge in [0, 0.05) is 24.8 Å². The summed E-state index contributed by atoms with van der Waals surface area (Å²) in [5, 5.41) is 7.72. The van der Waals surface area contributed by atoms with Crippen LogP contribution in [-0.2, 0) is 13.1 Å². The van der Waals surface area contributed by atoms with E-state index in [2.05, 4.69) is 55.6 Å². The average molecular weight is 243 g/mol. The van der Waals surface area contributed by atoms with Crippen molar-refractivity contribution in [2.75, 3.05) is 7.05 Å². The van der Waals surface area contributed by atoms with Crippen molar-refractivity contribution in [3.05, 3.63) is 41.2 Å². The predicted octanol–water partition coefficient (Wildman–Crippen LogP) is 2.91. The Kier molecular flexibility index (Phi) is 3.82. The molecule has 0 unspecified atom stereocenters. The summed E-state index contributed by atoms with van der Waals surface area (Å²) in [6.07, 6.45) is 2.14. The second-order valence-corrected chi connectivity index (χ2v) is 4.66. The SMILES string of the molecule is CCn1cc(-c2cc(CNC)ccc2C)c(C)n1. The van der Waals surface area contributed by atoms with E-state index in [9.17, 15) is 0 Å². The van der Waals surface area contributed by atoms with Crippen LogP contribution in [0.2, 0.25) is 0 Å². The minimum Gasteiger partial charge on any atom is -0.316 e. The molecule has 0 saturated heterocycles. The van der Waals surface area contributed by atoms with E-state index in [-0.39, 0.29) is 0 Å². The molecule has 0 atom stereocenters. The molecule has 3 nitrogen and oxygen atoms in total. The molecule has 1 heterocycles. The lowest BCUT2D eigenvalue weighted by Gasteiger charge is -2.08. The third kappa shape index (κ3) is 2.46. The van der Waals surface area contributed by atoms with Gasteiger partial charge < -0.3 is 5.32 Å². The molecule has 1 aromatic heterocycles. The quantitative estimate of drug-likeness (QED) is 0.895. The minimum atomic E-state index is 0.897. The Hall–Kier alpha value is -1.61. The number of aryl methyl sites for hydroxylation is 3. The Morgan fingerprint density at radius 3 is 2.61 bits per heavy atom. The van der Waals surface area contributed by atoms with Crippen LogP contribution in [0.5, 0.6) is 0 Å². The highest BCUT2D eigenvalue weighted by molar-refractivity contribution is 5.69. The molecule has 2 aromatic rings. The zero-order valence-corrected chi connectivity index (χ0v) is 11.6. The van der Waals surface area contributed by atoms with E-state index in [1.165, 1.54) is 22.3 Å². The second kappa shape index (κ2) is 5.36. The van der Waals surface area contributed by atoms with Crippen molar-refractivity contribution < 1.29 is 0 Å². The van der Waals surface area contributed by atoms with E-state index in [0.717, 1.165) is 18.8 Å². The van der Waals surface area contributed by atoms with Crippen LogP contribution in [0.4, 0.5) is 0 Å². The first-order chi connectivity index (χ1) is 8.65. The Bertz CT molecular complexity index is 541. The van der Waals surface area contributed by atoms with Gasteiger partial charge in [0.15, 0.2) is 0 Å². The zero-order chi connectivity index (χ0) is 13.1. The molecule has 18 heavy (non-hydrogen) atoms. The zero-order valence-electron chi connectivity index (χ0n) is 11.6. The van der Waals surface area contributed by atoms with Gasteiger partial charge in [-0.1, -0.05) is 12.1 Å². The maximum atomic E-state index is 4.52. The molecule has 3 heteroatoms. The number of aromatic nitrogens is 2. The first kappa shape index (κ1) is 12.8. The topological polar surface area (TPSA) is 29.9 Å². The summed E-state index contributed by atoms with van der Waals surface area (Å²) < 4.78 is 1.99. The van der Waals surface area contributed by atoms with Crippen LogP contribution < -0.4 is 5.32 Å². The minimum absolute atomic E-state index is 0.897. The molecule has 0 aliphatic rings. The molecule has 0 amide bonds. The van der Waals surface area contributed by atoms with Gasteiger partial charge in [0.25, 0.3) is 0 Å². The highest BCUT2D eigenvalue weighted by Crippen LogP contribution is 2.27. The third-order valence-corrected chi connectivity index (χ3v) is 3.24. The summed E-state index contributed by atoms with van der Waals surface area (Å²) in [5.74, 6) is 0. The van der Waals surface area contributed by atoms with Crippen molar-refractivity contribution >= 4 is 0 Å². The summed E-state index contributed by atoms with van der Waals surface area (Å²) in [6.45, 7) is 8.15. The van der Waals surface area contributed by atoms with Crippen LogP contribution in [0.1, 0.15) is 23.7 Å². The number of benzene rings is 1. The molecule has 96 valence electrons. The van der Waals surface area contributed by atoms with Crippen LogP contribution in [0, 0.1) is 13.8 Å². The molecule has 0 aliphatic carbocycles. The maximum Gasteiger partial charge on any atom is 0.0672 e. The highest BCUT2D eigenvalue weighted by atomic mass is 15.3. The number of nitrogens with one attached hydrogen (secondary N) is 1. The molecule has 0 bridgehead atoms. The van der Waals surface area contributed by atoms with Gasteiger partial charge in [-0.15, -0.1) is 0 Å². The van der Waals surface area contributed by atoms with Gasteiger partial charge in [-0.3, -0.25) is 4.68 Å². The van der Waals surface area contributed by atoms with Crippen molar-refractivity contribution in [1.29, 1.82) is 0 Å². The second-order valence-electron chi connectivity index (χ2n) is 4.66. The van der Waals surface area contributed by atoms with Gasteiger partial charge in [-0.25, -0.2) is 0 Å². The molecule has 0 fully saturated rings. The van der Waals surface area contributed by atoms with Gasteiger partial charge in [0.2, 0.25) is 0 Å². The van der Waals surface area contributed by atoms with Crippen LogP contribution in [-0.4, -0.2) is 16.8 Å². The van der Waals surface area contributed by atoms with Crippen molar-refractivity contribution in [3.63, 3.8) is 0 Å². The standard InChI is InChI=1S/C15H21N3/c1-5-18-10-15(12(3)17-18)14-8-13(9-16-4)7-6-11(14)2/h6-8,10,16H,5,9H2,1-4H3. The lowest BCUT2D eigenvalue weighted by atomic mass is 9.99. The number of nitrogens with zero attached hydrogens (tertiary/aromatic N) is 2. The van der Waals surface area contributed by atoms with Gasteiger partial charge >= 0.3 is 0 Å². The fourth-order valence-electron chi connectivity index (χ4n) is 2.22. The fourth-order valence-corrected chi connectivity index (χ4v) is 2.22. The van der Waals surface area contributed by atoms with Crippen molar-refractivity contribution in [1.82, 2.24) is 15.1 Å². The van der Waals surface area contributed by atoms with E-state index >= 15 is 0 Å². The van der Waals surface area contributed by atoms with Crippen molar-refractivity contribution in [2.24, 2.45) is 0 Å². The predicted molar refractivity (Wildman–Crippen MR) is 75.6 cm³/mol. The highest BCUT2D eigenvalue weighted by Gasteiger charge is 2.09.